The Labute approximate surface area is 147 Å². The van der Waals surface area contributed by atoms with Gasteiger partial charge in [0.2, 0.25) is 5.91 Å². The number of rotatable bonds is 6. The molecule has 1 saturated heterocycles. The third-order valence-electron chi connectivity index (χ3n) is 4.51. The fourth-order valence-corrected chi connectivity index (χ4v) is 3.12. The summed E-state index contributed by atoms with van der Waals surface area (Å²) in [7, 11) is 0. The first kappa shape index (κ1) is 17.6. The lowest BCUT2D eigenvalue weighted by atomic mass is 10.1. The van der Waals surface area contributed by atoms with Crippen LogP contribution in [0, 0.1) is 5.82 Å². The maximum absolute atomic E-state index is 12.9. The summed E-state index contributed by atoms with van der Waals surface area (Å²) in [6.45, 7) is 2.84. The topological polar surface area (TPSA) is 52.6 Å². The SMILES string of the molecule is O=C(Cc1ccc(F)cc1)NCc1ccccc1CN1CC[C@H](O)C1. The van der Waals surface area contributed by atoms with E-state index in [1.165, 1.54) is 17.7 Å². The minimum atomic E-state index is -0.301. The Bertz CT molecular complexity index is 718. The number of carbonyl (C=O) groups is 1. The van der Waals surface area contributed by atoms with Crippen LogP contribution in [0.4, 0.5) is 4.39 Å². The van der Waals surface area contributed by atoms with E-state index in [9.17, 15) is 14.3 Å². The molecule has 132 valence electrons. The summed E-state index contributed by atoms with van der Waals surface area (Å²) in [5.41, 5.74) is 3.04. The number of aliphatic hydroxyl groups is 1. The van der Waals surface area contributed by atoms with Crippen LogP contribution >= 0.6 is 0 Å². The highest BCUT2D eigenvalue weighted by Gasteiger charge is 2.20. The molecule has 1 aliphatic heterocycles. The normalized spacial score (nSPS) is 17.6. The summed E-state index contributed by atoms with van der Waals surface area (Å²) in [4.78, 5) is 14.3. The smallest absolute Gasteiger partial charge is 0.224 e. The fourth-order valence-electron chi connectivity index (χ4n) is 3.12. The number of carbonyl (C=O) groups excluding carboxylic acids is 1. The second-order valence-electron chi connectivity index (χ2n) is 6.53. The third kappa shape index (κ3) is 5.11. The summed E-state index contributed by atoms with van der Waals surface area (Å²) in [6.07, 6.45) is 0.819. The van der Waals surface area contributed by atoms with Crippen LogP contribution in [0.2, 0.25) is 0 Å². The predicted octanol–water partition coefficient (Wildman–Crippen LogP) is 2.25. The molecule has 0 bridgehead atoms. The third-order valence-corrected chi connectivity index (χ3v) is 4.51. The van der Waals surface area contributed by atoms with E-state index in [0.717, 1.165) is 30.6 Å². The van der Waals surface area contributed by atoms with E-state index in [4.69, 9.17) is 0 Å². The quantitative estimate of drug-likeness (QED) is 0.847. The van der Waals surface area contributed by atoms with Crippen molar-refractivity contribution in [2.45, 2.75) is 32.0 Å². The van der Waals surface area contributed by atoms with Gasteiger partial charge in [-0.25, -0.2) is 4.39 Å². The van der Waals surface area contributed by atoms with Crippen LogP contribution in [0.15, 0.2) is 48.5 Å². The van der Waals surface area contributed by atoms with E-state index in [1.807, 2.05) is 18.2 Å². The molecule has 1 amide bonds. The average molecular weight is 342 g/mol. The van der Waals surface area contributed by atoms with Gasteiger partial charge in [0.05, 0.1) is 12.5 Å². The van der Waals surface area contributed by atoms with Crippen molar-refractivity contribution in [2.24, 2.45) is 0 Å². The van der Waals surface area contributed by atoms with Crippen molar-refractivity contribution in [3.8, 4) is 0 Å². The van der Waals surface area contributed by atoms with Crippen LogP contribution < -0.4 is 5.32 Å². The molecule has 2 N–H and O–H groups in total. The summed E-state index contributed by atoms with van der Waals surface area (Å²) >= 11 is 0. The van der Waals surface area contributed by atoms with Gasteiger partial charge in [-0.3, -0.25) is 9.69 Å². The van der Waals surface area contributed by atoms with Crippen LogP contribution in [-0.4, -0.2) is 35.1 Å². The zero-order chi connectivity index (χ0) is 17.6. The Hall–Kier alpha value is -2.24. The number of likely N-dealkylation sites (tertiary alicyclic amines) is 1. The van der Waals surface area contributed by atoms with Crippen LogP contribution in [-0.2, 0) is 24.3 Å². The van der Waals surface area contributed by atoms with Crippen molar-refractivity contribution in [3.05, 3.63) is 71.0 Å². The van der Waals surface area contributed by atoms with Crippen LogP contribution in [0.5, 0.6) is 0 Å². The number of aliphatic hydroxyl groups excluding tert-OH is 1. The van der Waals surface area contributed by atoms with E-state index in [-0.39, 0.29) is 24.2 Å². The zero-order valence-corrected chi connectivity index (χ0v) is 14.1. The van der Waals surface area contributed by atoms with Gasteiger partial charge in [0.15, 0.2) is 0 Å². The summed E-state index contributed by atoms with van der Waals surface area (Å²) in [5, 5.41) is 12.6. The Morgan fingerprint density at radius 2 is 1.88 bits per heavy atom. The molecule has 0 radical (unpaired) electrons. The maximum Gasteiger partial charge on any atom is 0.224 e. The Balaban J connectivity index is 1.55. The van der Waals surface area contributed by atoms with Crippen LogP contribution in [0.1, 0.15) is 23.1 Å². The maximum atomic E-state index is 12.9. The van der Waals surface area contributed by atoms with Gasteiger partial charge in [-0.15, -0.1) is 0 Å². The molecule has 2 aromatic rings. The molecule has 1 heterocycles. The van der Waals surface area contributed by atoms with Gasteiger partial charge < -0.3 is 10.4 Å². The Morgan fingerprint density at radius 1 is 1.16 bits per heavy atom. The van der Waals surface area contributed by atoms with E-state index in [1.54, 1.807) is 12.1 Å². The molecule has 0 saturated carbocycles. The first-order chi connectivity index (χ1) is 12.1. The highest BCUT2D eigenvalue weighted by Crippen LogP contribution is 2.16. The number of β-amino-alcohol motifs (C(OH)–C–C–N with tert-alkyl or cyclic N) is 1. The lowest BCUT2D eigenvalue weighted by Gasteiger charge is -2.18. The number of amides is 1. The summed E-state index contributed by atoms with van der Waals surface area (Å²) in [6, 6.07) is 14.0. The molecule has 0 aromatic heterocycles. The second kappa shape index (κ2) is 8.23. The molecule has 1 aliphatic rings. The molecule has 25 heavy (non-hydrogen) atoms. The summed E-state index contributed by atoms with van der Waals surface area (Å²) < 4.78 is 12.9. The molecule has 2 aromatic carbocycles. The van der Waals surface area contributed by atoms with Crippen molar-refractivity contribution in [1.29, 1.82) is 0 Å². The molecule has 0 aliphatic carbocycles. The van der Waals surface area contributed by atoms with Crippen LogP contribution in [0.3, 0.4) is 0 Å². The highest BCUT2D eigenvalue weighted by atomic mass is 19.1. The van der Waals surface area contributed by atoms with Gasteiger partial charge in [-0.2, -0.15) is 0 Å². The highest BCUT2D eigenvalue weighted by molar-refractivity contribution is 5.78. The number of nitrogens with one attached hydrogen (secondary N) is 1. The van der Waals surface area contributed by atoms with Crippen molar-refractivity contribution < 1.29 is 14.3 Å². The number of nitrogens with zero attached hydrogens (tertiary/aromatic N) is 1. The first-order valence-electron chi connectivity index (χ1n) is 8.58. The van der Waals surface area contributed by atoms with Gasteiger partial charge >= 0.3 is 0 Å². The number of hydrogen-bond acceptors (Lipinski definition) is 3. The van der Waals surface area contributed by atoms with Crippen molar-refractivity contribution in [1.82, 2.24) is 10.2 Å². The largest absolute Gasteiger partial charge is 0.392 e. The monoisotopic (exact) mass is 342 g/mol. The van der Waals surface area contributed by atoms with E-state index >= 15 is 0 Å². The second-order valence-corrected chi connectivity index (χ2v) is 6.53. The van der Waals surface area contributed by atoms with E-state index in [0.29, 0.717) is 13.1 Å². The predicted molar refractivity (Wildman–Crippen MR) is 94.3 cm³/mol. The fraction of sp³-hybridized carbons (Fsp3) is 0.350. The Kier molecular flexibility index (Phi) is 5.79. The minimum absolute atomic E-state index is 0.0852. The van der Waals surface area contributed by atoms with Gasteiger partial charge in [0.25, 0.3) is 0 Å². The number of halogens is 1. The van der Waals surface area contributed by atoms with Gasteiger partial charge in [0.1, 0.15) is 5.82 Å². The first-order valence-corrected chi connectivity index (χ1v) is 8.58. The van der Waals surface area contributed by atoms with Crippen molar-refractivity contribution >= 4 is 5.91 Å². The molecule has 0 spiro atoms. The molecule has 1 fully saturated rings. The van der Waals surface area contributed by atoms with Gasteiger partial charge in [-0.1, -0.05) is 36.4 Å². The molecular weight excluding hydrogens is 319 g/mol. The molecule has 4 nitrogen and oxygen atoms in total. The minimum Gasteiger partial charge on any atom is -0.392 e. The number of hydrogen-bond donors (Lipinski definition) is 2. The van der Waals surface area contributed by atoms with Crippen molar-refractivity contribution in [3.63, 3.8) is 0 Å². The van der Waals surface area contributed by atoms with Crippen molar-refractivity contribution in [2.75, 3.05) is 13.1 Å². The summed E-state index contributed by atoms with van der Waals surface area (Å²) in [5.74, 6) is -0.386. The molecule has 5 heteroatoms. The van der Waals surface area contributed by atoms with Gasteiger partial charge in [-0.05, 0) is 35.2 Å². The molecule has 0 unspecified atom stereocenters. The van der Waals surface area contributed by atoms with E-state index in [2.05, 4.69) is 16.3 Å². The lowest BCUT2D eigenvalue weighted by molar-refractivity contribution is -0.120. The van der Waals surface area contributed by atoms with Crippen LogP contribution in [0.25, 0.3) is 0 Å². The number of benzene rings is 2. The zero-order valence-electron chi connectivity index (χ0n) is 14.1. The Morgan fingerprint density at radius 3 is 2.56 bits per heavy atom. The van der Waals surface area contributed by atoms with Gasteiger partial charge in [0, 0.05) is 26.2 Å². The average Bonchev–Trinajstić information content (AvgIpc) is 3.01. The molecular formula is C20H23FN2O2. The van der Waals surface area contributed by atoms with E-state index < -0.39 is 0 Å². The molecule has 1 atom stereocenters. The molecule has 3 rings (SSSR count). The lowest BCUT2D eigenvalue weighted by Crippen LogP contribution is -2.26. The standard InChI is InChI=1S/C20H23FN2O2/c21-18-7-5-15(6-8-18)11-20(25)22-12-16-3-1-2-4-17(16)13-23-10-9-19(24)14-23/h1-8,19,24H,9-14H2,(H,22,25)/t19-/m0/s1.